The summed E-state index contributed by atoms with van der Waals surface area (Å²) >= 11 is 0. The van der Waals surface area contributed by atoms with Crippen LogP contribution in [0.4, 0.5) is 4.79 Å². The molecule has 1 aliphatic rings. The lowest BCUT2D eigenvalue weighted by molar-refractivity contribution is 0.0954. The third kappa shape index (κ3) is 2.45. The van der Waals surface area contributed by atoms with E-state index >= 15 is 0 Å². The number of hydrogen-bond donors (Lipinski definition) is 1. The van der Waals surface area contributed by atoms with Gasteiger partial charge in [-0.1, -0.05) is 42.5 Å². The van der Waals surface area contributed by atoms with Crippen molar-refractivity contribution in [3.63, 3.8) is 0 Å². The van der Waals surface area contributed by atoms with Crippen molar-refractivity contribution >= 4 is 6.09 Å². The molecule has 2 aromatic rings. The number of carbonyl (C=O) groups excluding carboxylic acids is 1. The van der Waals surface area contributed by atoms with E-state index in [4.69, 9.17) is 4.74 Å². The third-order valence-electron chi connectivity index (χ3n) is 3.42. The Balaban J connectivity index is 1.62. The lowest BCUT2D eigenvalue weighted by Gasteiger charge is -2.15. The Labute approximate surface area is 117 Å². The summed E-state index contributed by atoms with van der Waals surface area (Å²) in [5.41, 5.74) is 2.74. The molecule has 1 aliphatic heterocycles. The summed E-state index contributed by atoms with van der Waals surface area (Å²) in [7, 11) is 0. The Morgan fingerprint density at radius 2 is 1.90 bits per heavy atom. The van der Waals surface area contributed by atoms with Gasteiger partial charge in [0, 0.05) is 12.1 Å². The van der Waals surface area contributed by atoms with Crippen molar-refractivity contribution in [3.05, 3.63) is 65.2 Å². The highest BCUT2D eigenvalue weighted by atomic mass is 16.6. The predicted molar refractivity (Wildman–Crippen MR) is 74.0 cm³/mol. The Hall–Kier alpha value is -2.49. The normalized spacial score (nSPS) is 13.1. The molecule has 0 spiro atoms. The summed E-state index contributed by atoms with van der Waals surface area (Å²) in [5, 5.41) is 9.76. The smallest absolute Gasteiger partial charge is 0.410 e. The van der Waals surface area contributed by atoms with Crippen molar-refractivity contribution in [1.82, 2.24) is 4.90 Å². The van der Waals surface area contributed by atoms with E-state index in [1.807, 2.05) is 36.4 Å². The SMILES string of the molecule is O=C(OCc1ccccc1)N1Cc2cccc(O)c2C1. The van der Waals surface area contributed by atoms with Crippen LogP contribution in [0.15, 0.2) is 48.5 Å². The summed E-state index contributed by atoms with van der Waals surface area (Å²) in [5.74, 6) is 0.237. The van der Waals surface area contributed by atoms with Gasteiger partial charge in [-0.2, -0.15) is 0 Å². The first-order chi connectivity index (χ1) is 9.74. The Kier molecular flexibility index (Phi) is 3.29. The Bertz CT molecular complexity index is 625. The fraction of sp³-hybridized carbons (Fsp3) is 0.188. The van der Waals surface area contributed by atoms with E-state index in [-0.39, 0.29) is 18.4 Å². The molecule has 4 heteroatoms. The van der Waals surface area contributed by atoms with Gasteiger partial charge in [0.2, 0.25) is 0 Å². The van der Waals surface area contributed by atoms with Crippen molar-refractivity contribution in [1.29, 1.82) is 0 Å². The zero-order valence-electron chi connectivity index (χ0n) is 11.0. The minimum atomic E-state index is -0.357. The molecule has 4 nitrogen and oxygen atoms in total. The number of nitrogens with zero attached hydrogens (tertiary/aromatic N) is 1. The van der Waals surface area contributed by atoms with Crippen LogP contribution in [-0.4, -0.2) is 16.1 Å². The number of fused-ring (bicyclic) bond motifs is 1. The highest BCUT2D eigenvalue weighted by molar-refractivity contribution is 5.69. The monoisotopic (exact) mass is 269 g/mol. The molecule has 1 N–H and O–H groups in total. The molecule has 1 heterocycles. The second kappa shape index (κ2) is 5.25. The predicted octanol–water partition coefficient (Wildman–Crippen LogP) is 3.04. The van der Waals surface area contributed by atoms with Gasteiger partial charge in [0.25, 0.3) is 0 Å². The van der Waals surface area contributed by atoms with Crippen LogP contribution in [0, 0.1) is 0 Å². The van der Waals surface area contributed by atoms with Gasteiger partial charge in [-0.25, -0.2) is 4.79 Å². The summed E-state index contributed by atoms with van der Waals surface area (Å²) in [6.07, 6.45) is -0.357. The number of aromatic hydroxyl groups is 1. The van der Waals surface area contributed by atoms with E-state index in [2.05, 4.69) is 0 Å². The van der Waals surface area contributed by atoms with Crippen molar-refractivity contribution in [2.45, 2.75) is 19.7 Å². The van der Waals surface area contributed by atoms with Crippen LogP contribution >= 0.6 is 0 Å². The van der Waals surface area contributed by atoms with Gasteiger partial charge in [-0.15, -0.1) is 0 Å². The molecule has 0 bridgehead atoms. The summed E-state index contributed by atoms with van der Waals surface area (Å²) in [4.78, 5) is 13.6. The van der Waals surface area contributed by atoms with Crippen molar-refractivity contribution in [2.24, 2.45) is 0 Å². The average Bonchev–Trinajstić information content (AvgIpc) is 2.91. The Morgan fingerprint density at radius 3 is 2.65 bits per heavy atom. The number of amides is 1. The van der Waals surface area contributed by atoms with Crippen LogP contribution < -0.4 is 0 Å². The molecular weight excluding hydrogens is 254 g/mol. The molecular formula is C16H15NO3. The lowest BCUT2D eigenvalue weighted by atomic mass is 10.1. The maximum atomic E-state index is 12.0. The van der Waals surface area contributed by atoms with Crippen LogP contribution in [-0.2, 0) is 24.4 Å². The van der Waals surface area contributed by atoms with Gasteiger partial charge in [0.15, 0.2) is 0 Å². The van der Waals surface area contributed by atoms with Gasteiger partial charge in [0.1, 0.15) is 12.4 Å². The average molecular weight is 269 g/mol. The van der Waals surface area contributed by atoms with Gasteiger partial charge in [-0.05, 0) is 17.2 Å². The molecule has 0 saturated carbocycles. The van der Waals surface area contributed by atoms with E-state index in [1.54, 1.807) is 17.0 Å². The van der Waals surface area contributed by atoms with E-state index in [1.165, 1.54) is 0 Å². The molecule has 2 aromatic carbocycles. The molecule has 0 unspecified atom stereocenters. The molecule has 3 rings (SSSR count). The summed E-state index contributed by atoms with van der Waals surface area (Å²) in [6.45, 7) is 1.14. The van der Waals surface area contributed by atoms with E-state index in [9.17, 15) is 9.90 Å². The maximum absolute atomic E-state index is 12.0. The highest BCUT2D eigenvalue weighted by Gasteiger charge is 2.26. The number of hydrogen-bond acceptors (Lipinski definition) is 3. The summed E-state index contributed by atoms with van der Waals surface area (Å²) < 4.78 is 5.29. The largest absolute Gasteiger partial charge is 0.508 e. The van der Waals surface area contributed by atoms with Crippen LogP contribution in [0.25, 0.3) is 0 Å². The molecule has 0 saturated heterocycles. The van der Waals surface area contributed by atoms with Crippen molar-refractivity contribution < 1.29 is 14.6 Å². The lowest BCUT2D eigenvalue weighted by Crippen LogP contribution is -2.26. The van der Waals surface area contributed by atoms with Gasteiger partial charge in [-0.3, -0.25) is 4.90 Å². The highest BCUT2D eigenvalue weighted by Crippen LogP contribution is 2.30. The summed E-state index contributed by atoms with van der Waals surface area (Å²) in [6, 6.07) is 14.9. The van der Waals surface area contributed by atoms with Crippen LogP contribution in [0.5, 0.6) is 5.75 Å². The zero-order chi connectivity index (χ0) is 13.9. The molecule has 102 valence electrons. The van der Waals surface area contributed by atoms with Crippen LogP contribution in [0.3, 0.4) is 0 Å². The first-order valence-electron chi connectivity index (χ1n) is 6.49. The van der Waals surface area contributed by atoms with Crippen molar-refractivity contribution in [2.75, 3.05) is 0 Å². The van der Waals surface area contributed by atoms with E-state index in [0.29, 0.717) is 13.1 Å². The van der Waals surface area contributed by atoms with Gasteiger partial charge in [0.05, 0.1) is 6.54 Å². The minimum absolute atomic E-state index is 0.237. The molecule has 0 fully saturated rings. The van der Waals surface area contributed by atoms with Gasteiger partial charge >= 0.3 is 6.09 Å². The molecule has 0 aromatic heterocycles. The van der Waals surface area contributed by atoms with Crippen LogP contribution in [0.1, 0.15) is 16.7 Å². The minimum Gasteiger partial charge on any atom is -0.508 e. The molecule has 0 radical (unpaired) electrons. The first kappa shape index (κ1) is 12.5. The molecule has 0 atom stereocenters. The number of rotatable bonds is 2. The number of benzene rings is 2. The van der Waals surface area contributed by atoms with Crippen molar-refractivity contribution in [3.8, 4) is 5.75 Å². The third-order valence-corrected chi connectivity index (χ3v) is 3.42. The number of phenolic OH excluding ortho intramolecular Hbond substituents is 1. The second-order valence-corrected chi connectivity index (χ2v) is 4.81. The Morgan fingerprint density at radius 1 is 1.10 bits per heavy atom. The van der Waals surface area contributed by atoms with E-state index in [0.717, 1.165) is 16.7 Å². The fourth-order valence-corrected chi connectivity index (χ4v) is 2.34. The molecule has 0 aliphatic carbocycles. The topological polar surface area (TPSA) is 49.8 Å². The second-order valence-electron chi connectivity index (χ2n) is 4.81. The van der Waals surface area contributed by atoms with E-state index < -0.39 is 0 Å². The molecule has 1 amide bonds. The fourth-order valence-electron chi connectivity index (χ4n) is 2.34. The zero-order valence-corrected chi connectivity index (χ0v) is 11.0. The number of phenols is 1. The quantitative estimate of drug-likeness (QED) is 0.911. The first-order valence-corrected chi connectivity index (χ1v) is 6.49. The molecule has 20 heavy (non-hydrogen) atoms. The van der Waals surface area contributed by atoms with Crippen LogP contribution in [0.2, 0.25) is 0 Å². The number of carbonyl (C=O) groups is 1. The van der Waals surface area contributed by atoms with Gasteiger partial charge < -0.3 is 9.84 Å². The number of ether oxygens (including phenoxy) is 1. The standard InChI is InChI=1S/C16H15NO3/c18-15-8-4-7-13-9-17(10-14(13)15)16(19)20-11-12-5-2-1-3-6-12/h1-8,18H,9-11H2. The maximum Gasteiger partial charge on any atom is 0.410 e.